The maximum Gasteiger partial charge on any atom is 0.322 e. The predicted molar refractivity (Wildman–Crippen MR) is 98.3 cm³/mol. The number of carbonyl (C=O) groups excluding carboxylic acids is 1. The smallest absolute Gasteiger partial charge is 0.322 e. The summed E-state index contributed by atoms with van der Waals surface area (Å²) in [5.41, 5.74) is 3.24. The number of rotatable bonds is 2. The number of morpholine rings is 1. The maximum atomic E-state index is 12.8. The van der Waals surface area contributed by atoms with Gasteiger partial charge in [-0.3, -0.25) is 0 Å². The van der Waals surface area contributed by atoms with Crippen LogP contribution in [0, 0.1) is 13.8 Å². The van der Waals surface area contributed by atoms with Gasteiger partial charge in [0.05, 0.1) is 35.3 Å². The van der Waals surface area contributed by atoms with Gasteiger partial charge in [-0.05, 0) is 52.8 Å². The lowest BCUT2D eigenvalue weighted by Gasteiger charge is -2.41. The summed E-state index contributed by atoms with van der Waals surface area (Å²) in [5, 5.41) is 7.57. The molecule has 1 aliphatic heterocycles. The Hall–Kier alpha value is -2.34. The average Bonchev–Trinajstić information content (AvgIpc) is 2.84. The monoisotopic (exact) mass is 342 g/mol. The molecule has 0 saturated carbocycles. The highest BCUT2D eigenvalue weighted by Crippen LogP contribution is 2.24. The van der Waals surface area contributed by atoms with Crippen LogP contribution in [0.3, 0.4) is 0 Å². The van der Waals surface area contributed by atoms with Crippen LogP contribution in [0.2, 0.25) is 0 Å². The molecule has 0 aliphatic carbocycles. The van der Waals surface area contributed by atoms with Gasteiger partial charge in [-0.2, -0.15) is 5.10 Å². The van der Waals surface area contributed by atoms with E-state index in [0.29, 0.717) is 13.1 Å². The predicted octanol–water partition coefficient (Wildman–Crippen LogP) is 3.52. The molecule has 2 amide bonds. The molecule has 0 spiro atoms. The zero-order chi connectivity index (χ0) is 18.2. The summed E-state index contributed by atoms with van der Waals surface area (Å²) in [6.07, 6.45) is 0.0146. The Morgan fingerprint density at radius 3 is 2.68 bits per heavy atom. The molecule has 1 aromatic heterocycles. The number of carbonyl (C=O) groups is 1. The molecule has 6 nitrogen and oxygen atoms in total. The molecular formula is C19H26N4O2. The van der Waals surface area contributed by atoms with Crippen LogP contribution in [0.5, 0.6) is 0 Å². The topological polar surface area (TPSA) is 59.4 Å². The SMILES string of the molecule is Cc1cc(C)n(-c2ccccc2NC(=O)N2C[C@H](C)OC(C)(C)C2)n1. The summed E-state index contributed by atoms with van der Waals surface area (Å²) >= 11 is 0. The van der Waals surface area contributed by atoms with Gasteiger partial charge in [-0.25, -0.2) is 9.48 Å². The van der Waals surface area contributed by atoms with E-state index in [1.54, 1.807) is 0 Å². The van der Waals surface area contributed by atoms with Gasteiger partial charge in [-0.15, -0.1) is 0 Å². The van der Waals surface area contributed by atoms with Gasteiger partial charge in [0.1, 0.15) is 0 Å². The van der Waals surface area contributed by atoms with E-state index >= 15 is 0 Å². The molecule has 0 unspecified atom stereocenters. The summed E-state index contributed by atoms with van der Waals surface area (Å²) in [4.78, 5) is 14.6. The number of hydrogen-bond acceptors (Lipinski definition) is 3. The minimum Gasteiger partial charge on any atom is -0.369 e. The zero-order valence-electron chi connectivity index (χ0n) is 15.5. The van der Waals surface area contributed by atoms with Crippen molar-refractivity contribution in [2.45, 2.75) is 46.3 Å². The molecule has 1 atom stereocenters. The Morgan fingerprint density at radius 2 is 2.04 bits per heavy atom. The van der Waals surface area contributed by atoms with Gasteiger partial charge in [-0.1, -0.05) is 12.1 Å². The highest BCUT2D eigenvalue weighted by molar-refractivity contribution is 5.91. The van der Waals surface area contributed by atoms with Gasteiger partial charge in [0.25, 0.3) is 0 Å². The largest absolute Gasteiger partial charge is 0.369 e. The number of anilines is 1. The first-order valence-corrected chi connectivity index (χ1v) is 8.61. The zero-order valence-corrected chi connectivity index (χ0v) is 15.5. The summed E-state index contributed by atoms with van der Waals surface area (Å²) < 4.78 is 7.74. The molecule has 6 heteroatoms. The Kier molecular flexibility index (Phi) is 4.56. The molecule has 0 radical (unpaired) electrons. The Morgan fingerprint density at radius 1 is 1.32 bits per heavy atom. The first-order valence-electron chi connectivity index (χ1n) is 8.61. The lowest BCUT2D eigenvalue weighted by atomic mass is 10.1. The molecule has 0 bridgehead atoms. The molecular weight excluding hydrogens is 316 g/mol. The van der Waals surface area contributed by atoms with Crippen LogP contribution in [0.1, 0.15) is 32.2 Å². The summed E-state index contributed by atoms with van der Waals surface area (Å²) in [6.45, 7) is 11.1. The third-order valence-electron chi connectivity index (χ3n) is 4.24. The molecule has 1 N–H and O–H groups in total. The van der Waals surface area contributed by atoms with Crippen LogP contribution >= 0.6 is 0 Å². The van der Waals surface area contributed by atoms with Crippen molar-refractivity contribution in [3.63, 3.8) is 0 Å². The third kappa shape index (κ3) is 3.85. The third-order valence-corrected chi connectivity index (χ3v) is 4.24. The van der Waals surface area contributed by atoms with Gasteiger partial charge in [0.2, 0.25) is 0 Å². The van der Waals surface area contributed by atoms with E-state index in [4.69, 9.17) is 4.74 Å². The summed E-state index contributed by atoms with van der Waals surface area (Å²) in [5.74, 6) is 0. The van der Waals surface area contributed by atoms with Crippen LogP contribution in [0.25, 0.3) is 5.69 Å². The fourth-order valence-corrected chi connectivity index (χ4v) is 3.44. The number of ether oxygens (including phenoxy) is 1. The summed E-state index contributed by atoms with van der Waals surface area (Å²) in [6, 6.07) is 9.62. The van der Waals surface area contributed by atoms with E-state index in [9.17, 15) is 4.79 Å². The quantitative estimate of drug-likeness (QED) is 0.908. The molecule has 25 heavy (non-hydrogen) atoms. The van der Waals surface area contributed by atoms with Crippen molar-refractivity contribution in [1.82, 2.24) is 14.7 Å². The van der Waals surface area contributed by atoms with Crippen molar-refractivity contribution in [3.05, 3.63) is 41.7 Å². The molecule has 134 valence electrons. The fraction of sp³-hybridized carbons (Fsp3) is 0.474. The van der Waals surface area contributed by atoms with Gasteiger partial charge < -0.3 is 15.0 Å². The molecule has 1 aliphatic rings. The number of hydrogen-bond donors (Lipinski definition) is 1. The lowest BCUT2D eigenvalue weighted by molar-refractivity contribution is -0.116. The molecule has 2 heterocycles. The van der Waals surface area contributed by atoms with E-state index < -0.39 is 0 Å². The van der Waals surface area contributed by atoms with E-state index in [1.807, 2.05) is 74.5 Å². The number of benzene rings is 1. The van der Waals surface area contributed by atoms with Crippen molar-refractivity contribution < 1.29 is 9.53 Å². The van der Waals surface area contributed by atoms with Crippen LogP contribution in [-0.4, -0.2) is 45.5 Å². The van der Waals surface area contributed by atoms with Crippen LogP contribution in [0.4, 0.5) is 10.5 Å². The van der Waals surface area contributed by atoms with Crippen LogP contribution < -0.4 is 5.32 Å². The molecule has 1 aromatic carbocycles. The Balaban J connectivity index is 1.84. The molecule has 1 saturated heterocycles. The van der Waals surface area contributed by atoms with Crippen LogP contribution in [0.15, 0.2) is 30.3 Å². The normalized spacial score (nSPS) is 19.7. The number of urea groups is 1. The molecule has 3 rings (SSSR count). The highest BCUT2D eigenvalue weighted by Gasteiger charge is 2.33. The van der Waals surface area contributed by atoms with Crippen molar-refractivity contribution >= 4 is 11.7 Å². The molecule has 1 fully saturated rings. The second-order valence-electron chi connectivity index (χ2n) is 7.35. The van der Waals surface area contributed by atoms with Crippen molar-refractivity contribution in [2.75, 3.05) is 18.4 Å². The number of para-hydroxylation sites is 2. The van der Waals surface area contributed by atoms with Gasteiger partial charge >= 0.3 is 6.03 Å². The van der Waals surface area contributed by atoms with Crippen molar-refractivity contribution in [3.8, 4) is 5.69 Å². The van der Waals surface area contributed by atoms with Crippen molar-refractivity contribution in [2.24, 2.45) is 0 Å². The Bertz CT molecular complexity index is 781. The Labute approximate surface area is 148 Å². The van der Waals surface area contributed by atoms with E-state index in [-0.39, 0.29) is 17.7 Å². The van der Waals surface area contributed by atoms with E-state index in [0.717, 1.165) is 22.8 Å². The maximum absolute atomic E-state index is 12.8. The number of aromatic nitrogens is 2. The minimum absolute atomic E-state index is 0.0146. The fourth-order valence-electron chi connectivity index (χ4n) is 3.44. The standard InChI is InChI=1S/C19H26N4O2/c1-13-10-14(2)23(21-13)17-9-7-6-8-16(17)20-18(24)22-11-15(3)25-19(4,5)12-22/h6-10,15H,11-12H2,1-5H3,(H,20,24)/t15-/m0/s1. The number of nitrogens with one attached hydrogen (secondary N) is 1. The highest BCUT2D eigenvalue weighted by atomic mass is 16.5. The number of nitrogens with zero attached hydrogens (tertiary/aromatic N) is 3. The number of aryl methyl sites for hydroxylation is 2. The first-order chi connectivity index (χ1) is 11.7. The van der Waals surface area contributed by atoms with E-state index in [2.05, 4.69) is 10.4 Å². The second-order valence-corrected chi connectivity index (χ2v) is 7.35. The van der Waals surface area contributed by atoms with Crippen molar-refractivity contribution in [1.29, 1.82) is 0 Å². The second kappa shape index (κ2) is 6.52. The van der Waals surface area contributed by atoms with Crippen LogP contribution in [-0.2, 0) is 4.74 Å². The van der Waals surface area contributed by atoms with Gasteiger partial charge in [0.15, 0.2) is 0 Å². The van der Waals surface area contributed by atoms with E-state index in [1.165, 1.54) is 0 Å². The first kappa shape index (κ1) is 17.5. The number of amides is 2. The summed E-state index contributed by atoms with van der Waals surface area (Å²) in [7, 11) is 0. The lowest BCUT2D eigenvalue weighted by Crippen LogP contribution is -2.54. The minimum atomic E-state index is -0.343. The average molecular weight is 342 g/mol. The van der Waals surface area contributed by atoms with Gasteiger partial charge in [0, 0.05) is 12.2 Å². The molecule has 2 aromatic rings.